The van der Waals surface area contributed by atoms with Gasteiger partial charge in [-0.05, 0) is 48.2 Å². The van der Waals surface area contributed by atoms with Gasteiger partial charge in [-0.3, -0.25) is 10.00 Å². The average molecular weight is 636 g/mol. The van der Waals surface area contributed by atoms with Gasteiger partial charge in [-0.25, -0.2) is 12.8 Å². The molecule has 0 spiro atoms. The zero-order valence-corrected chi connectivity index (χ0v) is 26.0. The summed E-state index contributed by atoms with van der Waals surface area (Å²) in [6, 6.07) is 11.0. The number of aromatic nitrogens is 2. The van der Waals surface area contributed by atoms with Crippen molar-refractivity contribution < 1.29 is 27.8 Å². The quantitative estimate of drug-likeness (QED) is 0.275. The minimum absolute atomic E-state index is 0.184. The maximum absolute atomic E-state index is 13.3. The minimum Gasteiger partial charge on any atom is -0.390 e. The highest BCUT2D eigenvalue weighted by Crippen LogP contribution is 2.33. The topological polar surface area (TPSA) is 120 Å². The molecule has 1 saturated heterocycles. The molecule has 43 heavy (non-hydrogen) atoms. The fourth-order valence-electron chi connectivity index (χ4n) is 5.84. The predicted octanol–water partition coefficient (Wildman–Crippen LogP) is 2.91. The molecular formula is C30H39ClFN5O5S. The first-order valence-corrected chi connectivity index (χ1v) is 16.7. The first-order valence-electron chi connectivity index (χ1n) is 14.4. The smallest absolute Gasteiger partial charge is 0.211 e. The fourth-order valence-corrected chi connectivity index (χ4v) is 6.81. The van der Waals surface area contributed by atoms with E-state index >= 15 is 0 Å². The number of benzene rings is 2. The van der Waals surface area contributed by atoms with Crippen molar-refractivity contribution in [3.63, 3.8) is 0 Å². The second kappa shape index (κ2) is 13.7. The monoisotopic (exact) mass is 635 g/mol. The average Bonchev–Trinajstić information content (AvgIpc) is 3.34. The van der Waals surface area contributed by atoms with E-state index in [-0.39, 0.29) is 31.6 Å². The molecule has 2 atom stereocenters. The summed E-state index contributed by atoms with van der Waals surface area (Å²) < 4.78 is 46.9. The number of rotatable bonds is 11. The molecule has 0 amide bonds. The third kappa shape index (κ3) is 7.81. The van der Waals surface area contributed by atoms with Gasteiger partial charge in [0.1, 0.15) is 12.0 Å². The van der Waals surface area contributed by atoms with Crippen molar-refractivity contribution in [2.75, 3.05) is 39.5 Å². The van der Waals surface area contributed by atoms with E-state index in [1.807, 2.05) is 16.8 Å². The largest absolute Gasteiger partial charge is 0.390 e. The number of nitrogens with one attached hydrogen (secondary N) is 1. The van der Waals surface area contributed by atoms with Crippen molar-refractivity contribution in [3.8, 4) is 11.3 Å². The molecule has 1 fully saturated rings. The standard InChI is InChI=1S/C30H39ClFN5O5S/c1-42-25-9-12-35(13-10-25)17-24(38)18-37-28-11-14-36(43(2,40)41)19-26(28)29(34-37)21-5-8-27(31)22(15-21)16-33-30(39)20-3-6-23(32)7-4-20/h3-8,15,24-25,30,33,38-39H,9-14,16-19H2,1-2H3. The molecule has 13 heteroatoms. The summed E-state index contributed by atoms with van der Waals surface area (Å²) >= 11 is 6.52. The maximum Gasteiger partial charge on any atom is 0.211 e. The molecule has 2 aliphatic heterocycles. The summed E-state index contributed by atoms with van der Waals surface area (Å²) in [6.07, 6.45) is 2.13. The second-order valence-electron chi connectivity index (χ2n) is 11.3. The Balaban J connectivity index is 1.37. The zero-order valence-electron chi connectivity index (χ0n) is 24.4. The number of ether oxygens (including phenoxy) is 1. The van der Waals surface area contributed by atoms with E-state index in [2.05, 4.69) is 10.2 Å². The normalized spacial score (nSPS) is 18.5. The molecule has 0 bridgehead atoms. The Hall–Kier alpha value is -2.42. The lowest BCUT2D eigenvalue weighted by molar-refractivity contribution is 0.0209. The van der Waals surface area contributed by atoms with Crippen molar-refractivity contribution in [2.45, 2.75) is 57.3 Å². The van der Waals surface area contributed by atoms with E-state index in [9.17, 15) is 23.0 Å². The van der Waals surface area contributed by atoms with Crippen LogP contribution in [0.5, 0.6) is 0 Å². The zero-order chi connectivity index (χ0) is 30.7. The molecule has 5 rings (SSSR count). The van der Waals surface area contributed by atoms with E-state index in [1.165, 1.54) is 34.8 Å². The predicted molar refractivity (Wildman–Crippen MR) is 162 cm³/mol. The molecular weight excluding hydrogens is 597 g/mol. The number of nitrogens with zero attached hydrogens (tertiary/aromatic N) is 4. The molecule has 3 N–H and O–H groups in total. The SMILES string of the molecule is COC1CCN(CC(O)Cn2nc(-c3ccc(Cl)c(CNC(O)c4ccc(F)cc4)c3)c3c2CCN(S(C)(=O)=O)C3)CC1. The van der Waals surface area contributed by atoms with Gasteiger partial charge in [-0.2, -0.15) is 9.40 Å². The van der Waals surface area contributed by atoms with E-state index in [4.69, 9.17) is 21.4 Å². The number of hydrogen-bond acceptors (Lipinski definition) is 8. The van der Waals surface area contributed by atoms with Crippen LogP contribution in [0.25, 0.3) is 11.3 Å². The molecule has 2 aliphatic rings. The van der Waals surface area contributed by atoms with Gasteiger partial charge in [0.2, 0.25) is 10.0 Å². The van der Waals surface area contributed by atoms with Crippen LogP contribution in [0.1, 0.15) is 41.5 Å². The third-order valence-electron chi connectivity index (χ3n) is 8.28. The Bertz CT molecular complexity index is 1510. The molecule has 0 aliphatic carbocycles. The molecule has 10 nitrogen and oxygen atoms in total. The number of sulfonamides is 1. The number of hydrogen-bond donors (Lipinski definition) is 3. The number of aliphatic hydroxyl groups is 2. The Labute approximate surface area is 257 Å². The second-order valence-corrected chi connectivity index (χ2v) is 13.7. The van der Waals surface area contributed by atoms with Crippen molar-refractivity contribution >= 4 is 21.6 Å². The number of β-amino-alcohol motifs (C(OH)–C–C–N with tert-alkyl or cyclic N) is 1. The van der Waals surface area contributed by atoms with Crippen molar-refractivity contribution in [1.29, 1.82) is 0 Å². The van der Waals surface area contributed by atoms with Crippen LogP contribution in [0.4, 0.5) is 4.39 Å². The van der Waals surface area contributed by atoms with Gasteiger partial charge in [-0.1, -0.05) is 29.8 Å². The van der Waals surface area contributed by atoms with Crippen LogP contribution in [0, 0.1) is 5.82 Å². The summed E-state index contributed by atoms with van der Waals surface area (Å²) in [5.74, 6) is -0.386. The number of piperidine rings is 1. The van der Waals surface area contributed by atoms with Gasteiger partial charge in [0.15, 0.2) is 0 Å². The van der Waals surface area contributed by atoms with Crippen molar-refractivity contribution in [2.24, 2.45) is 0 Å². The van der Waals surface area contributed by atoms with Gasteiger partial charge >= 0.3 is 0 Å². The third-order valence-corrected chi connectivity index (χ3v) is 9.90. The van der Waals surface area contributed by atoms with Crippen LogP contribution in [0.3, 0.4) is 0 Å². The molecule has 0 radical (unpaired) electrons. The lowest BCUT2D eigenvalue weighted by Gasteiger charge is -2.32. The lowest BCUT2D eigenvalue weighted by atomic mass is 10.0. The van der Waals surface area contributed by atoms with Crippen molar-refractivity contribution in [3.05, 3.63) is 75.7 Å². The number of fused-ring (bicyclic) bond motifs is 1. The van der Waals surface area contributed by atoms with Gasteiger partial charge in [0.05, 0.1) is 30.7 Å². The highest BCUT2D eigenvalue weighted by atomic mass is 35.5. The van der Waals surface area contributed by atoms with Crippen LogP contribution in [-0.2, 0) is 40.8 Å². The molecule has 1 aromatic heterocycles. The number of likely N-dealkylation sites (tertiary alicyclic amines) is 1. The van der Waals surface area contributed by atoms with Crippen LogP contribution in [-0.4, -0.2) is 89.4 Å². The summed E-state index contributed by atoms with van der Waals surface area (Å²) in [5.41, 5.74) is 4.32. The molecule has 234 valence electrons. The van der Waals surface area contributed by atoms with E-state index < -0.39 is 22.4 Å². The van der Waals surface area contributed by atoms with Gasteiger partial charge in [0.25, 0.3) is 0 Å². The highest BCUT2D eigenvalue weighted by Gasteiger charge is 2.31. The van der Waals surface area contributed by atoms with Crippen LogP contribution < -0.4 is 5.32 Å². The molecule has 3 heterocycles. The molecule has 0 saturated carbocycles. The maximum atomic E-state index is 13.3. The first-order chi connectivity index (χ1) is 20.5. The number of methoxy groups -OCH3 is 1. The van der Waals surface area contributed by atoms with Gasteiger partial charge in [-0.15, -0.1) is 0 Å². The van der Waals surface area contributed by atoms with E-state index in [0.717, 1.165) is 42.8 Å². The van der Waals surface area contributed by atoms with Gasteiger partial charge < -0.3 is 19.8 Å². The highest BCUT2D eigenvalue weighted by molar-refractivity contribution is 7.88. The minimum atomic E-state index is -3.42. The molecule has 3 aromatic rings. The van der Waals surface area contributed by atoms with E-state index in [1.54, 1.807) is 13.2 Å². The molecule has 2 unspecified atom stereocenters. The van der Waals surface area contributed by atoms with Crippen molar-refractivity contribution in [1.82, 2.24) is 24.3 Å². The Morgan fingerprint density at radius 1 is 1.12 bits per heavy atom. The first kappa shape index (κ1) is 32.0. The lowest BCUT2D eigenvalue weighted by Crippen LogP contribution is -2.42. The summed E-state index contributed by atoms with van der Waals surface area (Å²) in [7, 11) is -1.69. The summed E-state index contributed by atoms with van der Waals surface area (Å²) in [6.45, 7) is 3.28. The van der Waals surface area contributed by atoms with Gasteiger partial charge in [0, 0.05) is 74.6 Å². The van der Waals surface area contributed by atoms with E-state index in [0.29, 0.717) is 41.4 Å². The number of aliphatic hydroxyl groups excluding tert-OH is 2. The van der Waals surface area contributed by atoms with Crippen LogP contribution >= 0.6 is 11.6 Å². The fraction of sp³-hybridized carbons (Fsp3) is 0.500. The molecule has 2 aromatic carbocycles. The Morgan fingerprint density at radius 2 is 1.84 bits per heavy atom. The summed E-state index contributed by atoms with van der Waals surface area (Å²) in [4.78, 5) is 2.24. The summed E-state index contributed by atoms with van der Waals surface area (Å²) in [5, 5.41) is 30.0. The van der Waals surface area contributed by atoms with Crippen LogP contribution in [0.15, 0.2) is 42.5 Å². The Morgan fingerprint density at radius 3 is 2.51 bits per heavy atom. The Kier molecular flexibility index (Phi) is 10.2. The number of halogens is 2. The van der Waals surface area contributed by atoms with Crippen LogP contribution in [0.2, 0.25) is 5.02 Å².